The summed E-state index contributed by atoms with van der Waals surface area (Å²) >= 11 is 0. The van der Waals surface area contributed by atoms with E-state index in [-0.39, 0.29) is 11.9 Å². The quantitative estimate of drug-likeness (QED) is 0.625. The molecule has 0 aliphatic rings. The van der Waals surface area contributed by atoms with Crippen molar-refractivity contribution >= 4 is 0 Å². The summed E-state index contributed by atoms with van der Waals surface area (Å²) in [5.74, 6) is 0.220. The van der Waals surface area contributed by atoms with Crippen molar-refractivity contribution in [1.29, 1.82) is 0 Å². The highest BCUT2D eigenvalue weighted by Crippen LogP contribution is 2.31. The molecule has 5 heteroatoms. The third-order valence-corrected chi connectivity index (χ3v) is 2.22. The van der Waals surface area contributed by atoms with Gasteiger partial charge in [-0.05, 0) is 25.1 Å². The third kappa shape index (κ3) is 4.79. The number of benzene rings is 1. The summed E-state index contributed by atoms with van der Waals surface area (Å²) in [5.41, 5.74) is -0.703. The number of nitrogens with one attached hydrogen (secondary N) is 1. The normalized spacial score (nSPS) is 13.1. The van der Waals surface area contributed by atoms with Crippen LogP contribution in [0.3, 0.4) is 0 Å². The summed E-state index contributed by atoms with van der Waals surface area (Å²) in [5, 5.41) is 3.03. The Morgan fingerprint density at radius 3 is 2.78 bits per heavy atom. The van der Waals surface area contributed by atoms with Crippen LogP contribution in [0.15, 0.2) is 36.9 Å². The molecule has 18 heavy (non-hydrogen) atoms. The van der Waals surface area contributed by atoms with Gasteiger partial charge in [0.15, 0.2) is 0 Å². The number of rotatable bonds is 6. The van der Waals surface area contributed by atoms with Crippen LogP contribution in [0, 0.1) is 0 Å². The summed E-state index contributed by atoms with van der Waals surface area (Å²) in [7, 11) is 0. The zero-order chi connectivity index (χ0) is 13.6. The zero-order valence-corrected chi connectivity index (χ0v) is 10.1. The molecule has 0 bridgehead atoms. The molecule has 2 nitrogen and oxygen atoms in total. The highest BCUT2D eigenvalue weighted by molar-refractivity contribution is 5.30. The zero-order valence-electron chi connectivity index (χ0n) is 10.1. The molecule has 0 saturated carbocycles. The van der Waals surface area contributed by atoms with Gasteiger partial charge in [-0.25, -0.2) is 0 Å². The number of hydrogen-bond acceptors (Lipinski definition) is 2. The van der Waals surface area contributed by atoms with Gasteiger partial charge in [-0.2, -0.15) is 13.2 Å². The van der Waals surface area contributed by atoms with Crippen LogP contribution in [0.1, 0.15) is 12.5 Å². The topological polar surface area (TPSA) is 21.3 Å². The number of alkyl halides is 3. The van der Waals surface area contributed by atoms with E-state index in [0.717, 1.165) is 12.1 Å². The fourth-order valence-corrected chi connectivity index (χ4v) is 1.41. The van der Waals surface area contributed by atoms with Crippen molar-refractivity contribution in [2.45, 2.75) is 19.2 Å². The van der Waals surface area contributed by atoms with Gasteiger partial charge < -0.3 is 10.1 Å². The first-order chi connectivity index (χ1) is 8.43. The van der Waals surface area contributed by atoms with Crippen molar-refractivity contribution in [3.8, 4) is 5.75 Å². The van der Waals surface area contributed by atoms with E-state index in [0.29, 0.717) is 13.1 Å². The van der Waals surface area contributed by atoms with Gasteiger partial charge in [-0.15, -0.1) is 6.58 Å². The second kappa shape index (κ2) is 6.44. The van der Waals surface area contributed by atoms with Crippen LogP contribution < -0.4 is 10.1 Å². The third-order valence-electron chi connectivity index (χ3n) is 2.22. The minimum Gasteiger partial charge on any atom is -0.489 e. The first kappa shape index (κ1) is 14.6. The SMILES string of the molecule is C=CCNCC(C)Oc1cccc(C(F)(F)F)c1. The molecule has 1 N–H and O–H groups in total. The molecule has 1 atom stereocenters. The number of hydrogen-bond donors (Lipinski definition) is 1. The fourth-order valence-electron chi connectivity index (χ4n) is 1.41. The predicted octanol–water partition coefficient (Wildman–Crippen LogP) is 3.25. The Labute approximate surface area is 104 Å². The molecule has 1 rings (SSSR count). The molecule has 1 unspecified atom stereocenters. The Balaban J connectivity index is 2.59. The Morgan fingerprint density at radius 1 is 1.44 bits per heavy atom. The lowest BCUT2D eigenvalue weighted by atomic mass is 10.2. The highest BCUT2D eigenvalue weighted by atomic mass is 19.4. The molecule has 0 radical (unpaired) electrons. The van der Waals surface area contributed by atoms with E-state index >= 15 is 0 Å². The Kier molecular flexibility index (Phi) is 5.22. The standard InChI is InChI=1S/C13H16F3NO/c1-3-7-17-9-10(2)18-12-6-4-5-11(8-12)13(14,15)16/h3-6,8,10,17H,1,7,9H2,2H3. The summed E-state index contributed by atoms with van der Waals surface area (Å²) in [6.45, 7) is 6.52. The molecule has 1 aromatic rings. The molecule has 0 fully saturated rings. The van der Waals surface area contributed by atoms with Gasteiger partial charge in [-0.3, -0.25) is 0 Å². The molecular weight excluding hydrogens is 243 g/mol. The van der Waals surface area contributed by atoms with E-state index in [4.69, 9.17) is 4.74 Å². The first-order valence-corrected chi connectivity index (χ1v) is 5.59. The van der Waals surface area contributed by atoms with Crippen LogP contribution in [-0.4, -0.2) is 19.2 Å². The molecule has 0 saturated heterocycles. The van der Waals surface area contributed by atoms with Gasteiger partial charge in [0, 0.05) is 13.1 Å². The molecule has 0 aliphatic heterocycles. The smallest absolute Gasteiger partial charge is 0.416 e. The van der Waals surface area contributed by atoms with Crippen molar-refractivity contribution in [2.75, 3.05) is 13.1 Å². The van der Waals surface area contributed by atoms with Crippen LogP contribution in [-0.2, 0) is 6.18 Å². The lowest BCUT2D eigenvalue weighted by Gasteiger charge is -2.16. The summed E-state index contributed by atoms with van der Waals surface area (Å²) in [6, 6.07) is 4.87. The fraction of sp³-hybridized carbons (Fsp3) is 0.385. The van der Waals surface area contributed by atoms with Gasteiger partial charge in [0.05, 0.1) is 5.56 Å². The largest absolute Gasteiger partial charge is 0.489 e. The van der Waals surface area contributed by atoms with Crippen LogP contribution in [0.4, 0.5) is 13.2 Å². The monoisotopic (exact) mass is 259 g/mol. The summed E-state index contributed by atoms with van der Waals surface area (Å²) in [6.07, 6.45) is -2.85. The lowest BCUT2D eigenvalue weighted by molar-refractivity contribution is -0.137. The number of ether oxygens (including phenoxy) is 1. The van der Waals surface area contributed by atoms with Crippen LogP contribution in [0.2, 0.25) is 0 Å². The average Bonchev–Trinajstić information content (AvgIpc) is 2.28. The van der Waals surface area contributed by atoms with Gasteiger partial charge in [-0.1, -0.05) is 12.1 Å². The first-order valence-electron chi connectivity index (χ1n) is 5.59. The summed E-state index contributed by atoms with van der Waals surface area (Å²) in [4.78, 5) is 0. The minimum absolute atomic E-state index is 0.214. The van der Waals surface area contributed by atoms with E-state index in [1.807, 2.05) is 0 Å². The molecule has 0 aliphatic carbocycles. The van der Waals surface area contributed by atoms with Crippen molar-refractivity contribution in [3.05, 3.63) is 42.5 Å². The van der Waals surface area contributed by atoms with Crippen LogP contribution in [0.25, 0.3) is 0 Å². The Morgan fingerprint density at radius 2 is 2.17 bits per heavy atom. The van der Waals surface area contributed by atoms with Gasteiger partial charge in [0.2, 0.25) is 0 Å². The molecule has 100 valence electrons. The molecular formula is C13H16F3NO. The molecule has 0 aromatic heterocycles. The average molecular weight is 259 g/mol. The molecule has 0 heterocycles. The molecule has 0 spiro atoms. The second-order valence-electron chi connectivity index (χ2n) is 3.90. The molecule has 1 aromatic carbocycles. The van der Waals surface area contributed by atoms with Gasteiger partial charge >= 0.3 is 6.18 Å². The van der Waals surface area contributed by atoms with Crippen LogP contribution >= 0.6 is 0 Å². The van der Waals surface area contributed by atoms with Crippen molar-refractivity contribution < 1.29 is 17.9 Å². The minimum atomic E-state index is -4.34. The van der Waals surface area contributed by atoms with Crippen molar-refractivity contribution in [1.82, 2.24) is 5.32 Å². The number of halogens is 3. The van der Waals surface area contributed by atoms with Crippen molar-refractivity contribution in [3.63, 3.8) is 0 Å². The summed E-state index contributed by atoms with van der Waals surface area (Å²) < 4.78 is 42.8. The van der Waals surface area contributed by atoms with E-state index < -0.39 is 11.7 Å². The highest BCUT2D eigenvalue weighted by Gasteiger charge is 2.30. The Bertz CT molecular complexity index is 390. The van der Waals surface area contributed by atoms with Crippen LogP contribution in [0.5, 0.6) is 5.75 Å². The Hall–Kier alpha value is -1.49. The lowest BCUT2D eigenvalue weighted by Crippen LogP contribution is -2.29. The van der Waals surface area contributed by atoms with E-state index in [1.165, 1.54) is 12.1 Å². The van der Waals surface area contributed by atoms with E-state index in [1.54, 1.807) is 13.0 Å². The van der Waals surface area contributed by atoms with Crippen molar-refractivity contribution in [2.24, 2.45) is 0 Å². The van der Waals surface area contributed by atoms with E-state index in [9.17, 15) is 13.2 Å². The maximum absolute atomic E-state index is 12.5. The predicted molar refractivity (Wildman–Crippen MR) is 64.6 cm³/mol. The van der Waals surface area contributed by atoms with Gasteiger partial charge in [0.25, 0.3) is 0 Å². The molecule has 0 amide bonds. The maximum Gasteiger partial charge on any atom is 0.416 e. The second-order valence-corrected chi connectivity index (χ2v) is 3.90. The van der Waals surface area contributed by atoms with E-state index in [2.05, 4.69) is 11.9 Å². The maximum atomic E-state index is 12.5. The van der Waals surface area contributed by atoms with Gasteiger partial charge in [0.1, 0.15) is 11.9 Å².